The van der Waals surface area contributed by atoms with Crippen LogP contribution in [-0.2, 0) is 16.1 Å². The highest BCUT2D eigenvalue weighted by molar-refractivity contribution is 5.75. The summed E-state index contributed by atoms with van der Waals surface area (Å²) in [5, 5.41) is 8.15. The molecule has 0 bridgehead atoms. The Labute approximate surface area is 122 Å². The molecule has 3 rings (SSSR count). The summed E-state index contributed by atoms with van der Waals surface area (Å²) < 4.78 is 12.8. The minimum absolute atomic E-state index is 0.129. The van der Waals surface area contributed by atoms with Gasteiger partial charge in [0.25, 0.3) is 0 Å². The average Bonchev–Trinajstić information content (AvgIpc) is 3.03. The van der Waals surface area contributed by atoms with Crippen molar-refractivity contribution in [2.45, 2.75) is 32.2 Å². The first-order valence-electron chi connectivity index (χ1n) is 7.05. The fraction of sp³-hybridized carbons (Fsp3) is 0.400. The Morgan fingerprint density at radius 1 is 1.33 bits per heavy atom. The van der Waals surface area contributed by atoms with Crippen LogP contribution in [0.25, 0.3) is 5.69 Å². The molecule has 2 aromatic rings. The number of hydrogen-bond donors (Lipinski definition) is 0. The van der Waals surface area contributed by atoms with E-state index in [2.05, 4.69) is 10.3 Å². The van der Waals surface area contributed by atoms with Gasteiger partial charge in [-0.3, -0.25) is 4.79 Å². The lowest BCUT2D eigenvalue weighted by Crippen LogP contribution is -2.22. The monoisotopic (exact) mass is 287 g/mol. The Kier molecular flexibility index (Phi) is 4.37. The summed E-state index contributed by atoms with van der Waals surface area (Å²) >= 11 is 0. The van der Waals surface area contributed by atoms with Crippen molar-refractivity contribution in [1.82, 2.24) is 15.0 Å². The van der Waals surface area contributed by atoms with Gasteiger partial charge in [-0.2, -0.15) is 0 Å². The molecule has 6 nitrogen and oxygen atoms in total. The van der Waals surface area contributed by atoms with Crippen LogP contribution in [0.1, 0.15) is 35.3 Å². The molecule has 0 radical (unpaired) electrons. The van der Waals surface area contributed by atoms with Crippen molar-refractivity contribution in [2.75, 3.05) is 6.61 Å². The molecule has 0 saturated carbocycles. The SMILES string of the molecule is O=Cc1ccc(-n2cc(COC3CCCCO3)nn2)cc1. The Balaban J connectivity index is 1.60. The zero-order valence-electron chi connectivity index (χ0n) is 11.6. The van der Waals surface area contributed by atoms with Crippen molar-refractivity contribution in [1.29, 1.82) is 0 Å². The van der Waals surface area contributed by atoms with Gasteiger partial charge in [-0.25, -0.2) is 4.68 Å². The van der Waals surface area contributed by atoms with E-state index in [4.69, 9.17) is 9.47 Å². The molecule has 1 aromatic carbocycles. The second kappa shape index (κ2) is 6.60. The van der Waals surface area contributed by atoms with Gasteiger partial charge in [-0.15, -0.1) is 5.10 Å². The van der Waals surface area contributed by atoms with Crippen molar-refractivity contribution < 1.29 is 14.3 Å². The van der Waals surface area contributed by atoms with Crippen LogP contribution >= 0.6 is 0 Å². The Morgan fingerprint density at radius 3 is 2.90 bits per heavy atom. The molecule has 1 aliphatic rings. The first kappa shape index (κ1) is 13.9. The third kappa shape index (κ3) is 3.53. The van der Waals surface area contributed by atoms with E-state index in [0.29, 0.717) is 12.2 Å². The van der Waals surface area contributed by atoms with E-state index in [1.165, 1.54) is 0 Å². The number of carbonyl (C=O) groups excluding carboxylic acids is 1. The predicted octanol–water partition coefficient (Wildman–Crippen LogP) is 2.12. The van der Waals surface area contributed by atoms with Crippen LogP contribution < -0.4 is 0 Å². The second-order valence-corrected chi connectivity index (χ2v) is 4.97. The lowest BCUT2D eigenvalue weighted by Gasteiger charge is -2.22. The summed E-state index contributed by atoms with van der Waals surface area (Å²) in [6.07, 6.45) is 5.68. The molecule has 1 aromatic heterocycles. The van der Waals surface area contributed by atoms with Gasteiger partial charge >= 0.3 is 0 Å². The standard InChI is InChI=1S/C15H17N3O3/c19-10-12-4-6-14(7-5-12)18-9-13(16-17-18)11-21-15-3-1-2-8-20-15/h4-7,9-10,15H,1-3,8,11H2. The van der Waals surface area contributed by atoms with Gasteiger partial charge in [0.15, 0.2) is 6.29 Å². The van der Waals surface area contributed by atoms with E-state index in [9.17, 15) is 4.79 Å². The number of nitrogens with zero attached hydrogens (tertiary/aromatic N) is 3. The van der Waals surface area contributed by atoms with E-state index < -0.39 is 0 Å². The van der Waals surface area contributed by atoms with Crippen LogP contribution in [0.5, 0.6) is 0 Å². The normalized spacial score (nSPS) is 18.6. The molecule has 1 unspecified atom stereocenters. The zero-order valence-corrected chi connectivity index (χ0v) is 11.6. The third-order valence-electron chi connectivity index (χ3n) is 3.39. The number of hydrogen-bond acceptors (Lipinski definition) is 5. The molecule has 0 N–H and O–H groups in total. The second-order valence-electron chi connectivity index (χ2n) is 4.97. The lowest BCUT2D eigenvalue weighted by molar-refractivity contribution is -0.169. The number of rotatable bonds is 5. The van der Waals surface area contributed by atoms with Crippen molar-refractivity contribution in [3.8, 4) is 5.69 Å². The highest BCUT2D eigenvalue weighted by atomic mass is 16.7. The number of ether oxygens (including phenoxy) is 2. The minimum atomic E-state index is -0.129. The maximum absolute atomic E-state index is 10.6. The van der Waals surface area contributed by atoms with E-state index >= 15 is 0 Å². The van der Waals surface area contributed by atoms with Crippen molar-refractivity contribution in [2.24, 2.45) is 0 Å². The summed E-state index contributed by atoms with van der Waals surface area (Å²) in [6, 6.07) is 7.15. The summed E-state index contributed by atoms with van der Waals surface area (Å²) in [4.78, 5) is 10.6. The predicted molar refractivity (Wildman–Crippen MR) is 75.1 cm³/mol. The lowest BCUT2D eigenvalue weighted by atomic mass is 10.2. The highest BCUT2D eigenvalue weighted by Crippen LogP contribution is 2.15. The molecule has 0 spiro atoms. The summed E-state index contributed by atoms with van der Waals surface area (Å²) in [6.45, 7) is 1.15. The van der Waals surface area contributed by atoms with Crippen LogP contribution in [0.4, 0.5) is 0 Å². The third-order valence-corrected chi connectivity index (χ3v) is 3.39. The molecule has 6 heteroatoms. The number of aldehydes is 1. The van der Waals surface area contributed by atoms with E-state index in [0.717, 1.165) is 43.5 Å². The first-order valence-corrected chi connectivity index (χ1v) is 7.05. The summed E-state index contributed by atoms with van der Waals surface area (Å²) in [5.41, 5.74) is 2.24. The van der Waals surface area contributed by atoms with Crippen molar-refractivity contribution >= 4 is 6.29 Å². The van der Waals surface area contributed by atoms with Gasteiger partial charge < -0.3 is 9.47 Å². The molecular formula is C15H17N3O3. The molecule has 2 heterocycles. The number of carbonyl (C=O) groups is 1. The summed E-state index contributed by atoms with van der Waals surface area (Å²) in [5.74, 6) is 0. The number of aromatic nitrogens is 3. The van der Waals surface area contributed by atoms with Crippen LogP contribution in [0, 0.1) is 0 Å². The van der Waals surface area contributed by atoms with Gasteiger partial charge in [-0.05, 0) is 43.5 Å². The van der Waals surface area contributed by atoms with Gasteiger partial charge in [0.2, 0.25) is 0 Å². The Morgan fingerprint density at radius 2 is 2.19 bits per heavy atom. The van der Waals surface area contributed by atoms with Crippen LogP contribution in [-0.4, -0.2) is 34.2 Å². The molecule has 1 saturated heterocycles. The van der Waals surface area contributed by atoms with E-state index in [1.54, 1.807) is 16.8 Å². The highest BCUT2D eigenvalue weighted by Gasteiger charge is 2.14. The van der Waals surface area contributed by atoms with Crippen LogP contribution in [0.15, 0.2) is 30.5 Å². The molecule has 110 valence electrons. The van der Waals surface area contributed by atoms with E-state index in [1.807, 2.05) is 18.3 Å². The fourth-order valence-electron chi connectivity index (χ4n) is 2.22. The largest absolute Gasteiger partial charge is 0.353 e. The average molecular weight is 287 g/mol. The van der Waals surface area contributed by atoms with E-state index in [-0.39, 0.29) is 6.29 Å². The summed E-state index contributed by atoms with van der Waals surface area (Å²) in [7, 11) is 0. The van der Waals surface area contributed by atoms with Gasteiger partial charge in [0.05, 0.1) is 18.5 Å². The minimum Gasteiger partial charge on any atom is -0.353 e. The molecule has 1 atom stereocenters. The maximum atomic E-state index is 10.6. The van der Waals surface area contributed by atoms with Gasteiger partial charge in [0.1, 0.15) is 12.0 Å². The molecule has 0 amide bonds. The van der Waals surface area contributed by atoms with Crippen molar-refractivity contribution in [3.63, 3.8) is 0 Å². The van der Waals surface area contributed by atoms with Gasteiger partial charge in [0, 0.05) is 12.2 Å². The zero-order chi connectivity index (χ0) is 14.5. The fourth-order valence-corrected chi connectivity index (χ4v) is 2.22. The quantitative estimate of drug-likeness (QED) is 0.788. The topological polar surface area (TPSA) is 66.2 Å². The van der Waals surface area contributed by atoms with Crippen molar-refractivity contribution in [3.05, 3.63) is 41.7 Å². The van der Waals surface area contributed by atoms with Crippen LogP contribution in [0.2, 0.25) is 0 Å². The Hall–Kier alpha value is -2.05. The number of benzene rings is 1. The Bertz CT molecular complexity index is 588. The van der Waals surface area contributed by atoms with Gasteiger partial charge in [-0.1, -0.05) is 5.21 Å². The molecule has 21 heavy (non-hydrogen) atoms. The maximum Gasteiger partial charge on any atom is 0.158 e. The molecule has 0 aliphatic carbocycles. The smallest absolute Gasteiger partial charge is 0.158 e. The first-order chi connectivity index (χ1) is 10.3. The molecule has 1 fully saturated rings. The molecule has 1 aliphatic heterocycles. The van der Waals surface area contributed by atoms with Crippen LogP contribution in [0.3, 0.4) is 0 Å². The molecular weight excluding hydrogens is 270 g/mol.